The minimum atomic E-state index is -1.43. The number of carbonyl (C=O) groups excluding carboxylic acids is 1. The van der Waals surface area contributed by atoms with E-state index in [1.54, 1.807) is 18.3 Å². The molecule has 0 aliphatic carbocycles. The van der Waals surface area contributed by atoms with Gasteiger partial charge in [0.2, 0.25) is 5.91 Å². The largest absolute Gasteiger partial charge is 0.480 e. The van der Waals surface area contributed by atoms with Crippen molar-refractivity contribution in [3.8, 4) is 0 Å². The van der Waals surface area contributed by atoms with Gasteiger partial charge in [0, 0.05) is 6.20 Å². The summed E-state index contributed by atoms with van der Waals surface area (Å²) in [5, 5.41) is 11.4. The fraction of sp³-hybridized carbons (Fsp3) is 0.333. The van der Waals surface area contributed by atoms with Gasteiger partial charge in [0.05, 0.1) is 13.2 Å². The standard InChI is InChI=1S/C9H10N2O4/c12-7(11-6-2-1-3-10-6)9(8(13)14)4-15-5-9/h1-3,10H,4-5H2,(H,11,12)(H,13,14). The molecule has 2 heterocycles. The Labute approximate surface area is 85.2 Å². The second-order valence-corrected chi connectivity index (χ2v) is 3.42. The number of rotatable bonds is 3. The van der Waals surface area contributed by atoms with Crippen LogP contribution in [0.25, 0.3) is 0 Å². The second kappa shape index (κ2) is 3.39. The number of aromatic amines is 1. The zero-order chi connectivity index (χ0) is 10.9. The van der Waals surface area contributed by atoms with Gasteiger partial charge in [-0.3, -0.25) is 9.59 Å². The van der Waals surface area contributed by atoms with E-state index in [9.17, 15) is 9.59 Å². The van der Waals surface area contributed by atoms with Crippen molar-refractivity contribution in [3.05, 3.63) is 18.3 Å². The lowest BCUT2D eigenvalue weighted by molar-refractivity contribution is -0.182. The summed E-state index contributed by atoms with van der Waals surface area (Å²) < 4.78 is 4.79. The molecule has 0 radical (unpaired) electrons. The number of carboxylic acids is 1. The molecule has 0 bridgehead atoms. The average Bonchev–Trinajstić information content (AvgIpc) is 2.53. The molecule has 0 atom stereocenters. The maximum absolute atomic E-state index is 11.7. The first kappa shape index (κ1) is 9.72. The Morgan fingerprint density at radius 2 is 2.27 bits per heavy atom. The molecular weight excluding hydrogens is 200 g/mol. The number of amides is 1. The molecule has 2 rings (SSSR count). The molecule has 0 saturated carbocycles. The summed E-state index contributed by atoms with van der Waals surface area (Å²) in [6.45, 7) is -0.149. The molecule has 0 unspecified atom stereocenters. The first-order chi connectivity index (χ1) is 7.15. The van der Waals surface area contributed by atoms with Crippen LogP contribution in [0.2, 0.25) is 0 Å². The van der Waals surface area contributed by atoms with Crippen LogP contribution in [-0.2, 0) is 14.3 Å². The Kier molecular flexibility index (Phi) is 2.20. The van der Waals surface area contributed by atoms with Crippen molar-refractivity contribution in [1.29, 1.82) is 0 Å². The molecule has 0 aromatic carbocycles. The molecule has 15 heavy (non-hydrogen) atoms. The summed E-state index contributed by atoms with van der Waals surface area (Å²) in [5.41, 5.74) is -1.43. The lowest BCUT2D eigenvalue weighted by Gasteiger charge is -2.35. The quantitative estimate of drug-likeness (QED) is 0.615. The van der Waals surface area contributed by atoms with E-state index in [0.29, 0.717) is 5.82 Å². The van der Waals surface area contributed by atoms with Crippen LogP contribution in [0.4, 0.5) is 5.82 Å². The van der Waals surface area contributed by atoms with E-state index in [0.717, 1.165) is 0 Å². The van der Waals surface area contributed by atoms with E-state index in [-0.39, 0.29) is 13.2 Å². The number of anilines is 1. The Morgan fingerprint density at radius 3 is 2.67 bits per heavy atom. The Hall–Kier alpha value is -1.82. The molecule has 6 heteroatoms. The highest BCUT2D eigenvalue weighted by atomic mass is 16.5. The fourth-order valence-corrected chi connectivity index (χ4v) is 1.31. The van der Waals surface area contributed by atoms with Crippen LogP contribution < -0.4 is 5.32 Å². The number of nitrogens with one attached hydrogen (secondary N) is 2. The van der Waals surface area contributed by atoms with Crippen molar-refractivity contribution in [3.63, 3.8) is 0 Å². The maximum atomic E-state index is 11.7. The topological polar surface area (TPSA) is 91.4 Å². The van der Waals surface area contributed by atoms with Crippen molar-refractivity contribution in [2.75, 3.05) is 18.5 Å². The third kappa shape index (κ3) is 1.48. The summed E-state index contributed by atoms with van der Waals surface area (Å²) in [5.74, 6) is -1.23. The van der Waals surface area contributed by atoms with Gasteiger partial charge in [0.1, 0.15) is 5.82 Å². The van der Waals surface area contributed by atoms with Crippen molar-refractivity contribution in [2.45, 2.75) is 0 Å². The molecule has 1 aliphatic rings. The third-order valence-corrected chi connectivity index (χ3v) is 2.39. The number of aromatic nitrogens is 1. The molecule has 1 aromatic rings. The molecule has 0 spiro atoms. The zero-order valence-corrected chi connectivity index (χ0v) is 7.82. The number of carboxylic acid groups (broad SMARTS) is 1. The average molecular weight is 210 g/mol. The van der Waals surface area contributed by atoms with Gasteiger partial charge in [-0.2, -0.15) is 0 Å². The smallest absolute Gasteiger partial charge is 0.324 e. The molecule has 1 aliphatic heterocycles. The number of hydrogen-bond acceptors (Lipinski definition) is 3. The van der Waals surface area contributed by atoms with E-state index < -0.39 is 17.3 Å². The highest BCUT2D eigenvalue weighted by Crippen LogP contribution is 2.29. The number of carbonyl (C=O) groups is 2. The molecular formula is C9H10N2O4. The van der Waals surface area contributed by atoms with Crippen LogP contribution in [-0.4, -0.2) is 35.2 Å². The van der Waals surface area contributed by atoms with Gasteiger partial charge in [0.15, 0.2) is 5.41 Å². The van der Waals surface area contributed by atoms with Gasteiger partial charge in [-0.25, -0.2) is 0 Å². The fourth-order valence-electron chi connectivity index (χ4n) is 1.31. The van der Waals surface area contributed by atoms with Crippen molar-refractivity contribution < 1.29 is 19.4 Å². The molecule has 1 aromatic heterocycles. The highest BCUT2D eigenvalue weighted by Gasteiger charge is 2.53. The summed E-state index contributed by atoms with van der Waals surface area (Å²) in [7, 11) is 0. The Morgan fingerprint density at radius 1 is 1.53 bits per heavy atom. The summed E-state index contributed by atoms with van der Waals surface area (Å²) in [6.07, 6.45) is 1.64. The minimum Gasteiger partial charge on any atom is -0.480 e. The van der Waals surface area contributed by atoms with E-state index in [1.807, 2.05) is 0 Å². The number of aliphatic carboxylic acids is 1. The van der Waals surface area contributed by atoms with E-state index in [2.05, 4.69) is 10.3 Å². The minimum absolute atomic E-state index is 0.0745. The van der Waals surface area contributed by atoms with Gasteiger partial charge in [-0.15, -0.1) is 0 Å². The number of ether oxygens (including phenoxy) is 1. The van der Waals surface area contributed by atoms with Crippen LogP contribution in [0, 0.1) is 5.41 Å². The van der Waals surface area contributed by atoms with Gasteiger partial charge in [-0.1, -0.05) is 0 Å². The molecule has 1 fully saturated rings. The van der Waals surface area contributed by atoms with Crippen LogP contribution in [0.15, 0.2) is 18.3 Å². The van der Waals surface area contributed by atoms with E-state index in [1.165, 1.54) is 0 Å². The lowest BCUT2D eigenvalue weighted by Crippen LogP contribution is -2.57. The molecule has 6 nitrogen and oxygen atoms in total. The Balaban J connectivity index is 2.10. The number of H-pyrrole nitrogens is 1. The number of hydrogen-bond donors (Lipinski definition) is 3. The molecule has 3 N–H and O–H groups in total. The summed E-state index contributed by atoms with van der Waals surface area (Å²) >= 11 is 0. The molecule has 1 amide bonds. The van der Waals surface area contributed by atoms with Crippen LogP contribution >= 0.6 is 0 Å². The van der Waals surface area contributed by atoms with Gasteiger partial charge >= 0.3 is 5.97 Å². The predicted octanol–water partition coefficient (Wildman–Crippen LogP) is 0.0544. The monoisotopic (exact) mass is 210 g/mol. The SMILES string of the molecule is O=C(O)C1(C(=O)Nc2ccc[nH]2)COC1. The van der Waals surface area contributed by atoms with Crippen molar-refractivity contribution in [1.82, 2.24) is 4.98 Å². The lowest BCUT2D eigenvalue weighted by atomic mass is 9.85. The van der Waals surface area contributed by atoms with Gasteiger partial charge in [-0.05, 0) is 12.1 Å². The van der Waals surface area contributed by atoms with Crippen molar-refractivity contribution in [2.24, 2.45) is 5.41 Å². The third-order valence-electron chi connectivity index (χ3n) is 2.39. The van der Waals surface area contributed by atoms with Crippen LogP contribution in [0.5, 0.6) is 0 Å². The first-order valence-corrected chi connectivity index (χ1v) is 4.41. The van der Waals surface area contributed by atoms with Crippen LogP contribution in [0.3, 0.4) is 0 Å². The van der Waals surface area contributed by atoms with Gasteiger partial charge in [0.25, 0.3) is 0 Å². The highest BCUT2D eigenvalue weighted by molar-refractivity contribution is 6.09. The predicted molar refractivity (Wildman–Crippen MR) is 50.3 cm³/mol. The Bertz CT molecular complexity index is 381. The summed E-state index contributed by atoms with van der Waals surface area (Å²) in [4.78, 5) is 25.3. The van der Waals surface area contributed by atoms with E-state index in [4.69, 9.17) is 9.84 Å². The maximum Gasteiger partial charge on any atom is 0.324 e. The first-order valence-electron chi connectivity index (χ1n) is 4.41. The molecule has 80 valence electrons. The van der Waals surface area contributed by atoms with E-state index >= 15 is 0 Å². The second-order valence-electron chi connectivity index (χ2n) is 3.42. The zero-order valence-electron chi connectivity index (χ0n) is 7.82. The van der Waals surface area contributed by atoms with Crippen molar-refractivity contribution >= 4 is 17.7 Å². The van der Waals surface area contributed by atoms with Gasteiger partial charge < -0.3 is 20.1 Å². The van der Waals surface area contributed by atoms with Crippen LogP contribution in [0.1, 0.15) is 0 Å². The molecule has 1 saturated heterocycles. The summed E-state index contributed by atoms with van der Waals surface area (Å²) in [6, 6.07) is 3.35. The normalized spacial score (nSPS) is 17.9.